The van der Waals surface area contributed by atoms with Gasteiger partial charge < -0.3 is 39.4 Å². The standard InChI is InChI=1S/C33H42N2O12/c1-21(2)28(34-32(41)45-17-23-11-7-5-8-12-23)30(39)44-20-25(19-43-27(38)16-15-26(36)37)47-31(40)29(22(3)4)35-33(42)46-18-24-13-9-6-10-14-24/h5-14,21-22,25,28-29H,15-20H2,1-4H3,(H,34,41)(H,35,42)(H,36,37)/t25?,28-,29-/m0/s1. The fraction of sp³-hybridized carbons (Fsp3) is 0.455. The molecule has 0 aliphatic rings. The summed E-state index contributed by atoms with van der Waals surface area (Å²) in [6.07, 6.45) is -4.00. The number of nitrogens with one attached hydrogen (secondary N) is 2. The summed E-state index contributed by atoms with van der Waals surface area (Å²) >= 11 is 0. The van der Waals surface area contributed by atoms with Crippen molar-refractivity contribution in [2.24, 2.45) is 11.8 Å². The first-order valence-corrected chi connectivity index (χ1v) is 15.0. The van der Waals surface area contributed by atoms with Gasteiger partial charge in [-0.1, -0.05) is 88.4 Å². The first-order chi connectivity index (χ1) is 22.3. The van der Waals surface area contributed by atoms with Crippen molar-refractivity contribution >= 4 is 36.1 Å². The summed E-state index contributed by atoms with van der Waals surface area (Å²) in [5.41, 5.74) is 1.48. The van der Waals surface area contributed by atoms with Crippen molar-refractivity contribution in [1.82, 2.24) is 10.6 Å². The molecule has 2 amide bonds. The van der Waals surface area contributed by atoms with Crippen molar-refractivity contribution in [3.8, 4) is 0 Å². The van der Waals surface area contributed by atoms with Crippen molar-refractivity contribution in [2.45, 2.75) is 71.9 Å². The number of hydrogen-bond acceptors (Lipinski definition) is 11. The van der Waals surface area contributed by atoms with Crippen LogP contribution in [0.1, 0.15) is 51.7 Å². The van der Waals surface area contributed by atoms with Crippen LogP contribution in [0.4, 0.5) is 9.59 Å². The largest absolute Gasteiger partial charge is 0.481 e. The zero-order chi connectivity index (χ0) is 34.8. The van der Waals surface area contributed by atoms with E-state index in [4.69, 9.17) is 28.8 Å². The highest BCUT2D eigenvalue weighted by atomic mass is 16.6. The maximum Gasteiger partial charge on any atom is 0.408 e. The zero-order valence-electron chi connectivity index (χ0n) is 26.8. The Morgan fingerprint density at radius 2 is 1.06 bits per heavy atom. The van der Waals surface area contributed by atoms with Crippen molar-refractivity contribution in [2.75, 3.05) is 13.2 Å². The van der Waals surface area contributed by atoms with Crippen LogP contribution in [0.5, 0.6) is 0 Å². The molecule has 2 aromatic carbocycles. The molecule has 3 atom stereocenters. The Hall–Kier alpha value is -5.14. The van der Waals surface area contributed by atoms with Gasteiger partial charge in [0.25, 0.3) is 0 Å². The van der Waals surface area contributed by atoms with Crippen LogP contribution in [-0.4, -0.2) is 72.6 Å². The van der Waals surface area contributed by atoms with Gasteiger partial charge >= 0.3 is 36.1 Å². The van der Waals surface area contributed by atoms with Gasteiger partial charge in [0.05, 0.1) is 12.8 Å². The molecule has 0 saturated carbocycles. The van der Waals surface area contributed by atoms with E-state index in [-0.39, 0.29) is 13.2 Å². The lowest BCUT2D eigenvalue weighted by Crippen LogP contribution is -2.48. The van der Waals surface area contributed by atoms with Crippen LogP contribution >= 0.6 is 0 Å². The Kier molecular flexibility index (Phi) is 16.3. The molecule has 0 heterocycles. The van der Waals surface area contributed by atoms with Gasteiger partial charge in [0.2, 0.25) is 0 Å². The minimum atomic E-state index is -1.35. The summed E-state index contributed by atoms with van der Waals surface area (Å²) in [6.45, 7) is 5.40. The average Bonchev–Trinajstić information content (AvgIpc) is 3.04. The molecule has 0 aliphatic carbocycles. The molecule has 0 radical (unpaired) electrons. The number of esters is 3. The van der Waals surface area contributed by atoms with Gasteiger partial charge in [-0.3, -0.25) is 9.59 Å². The molecule has 0 bridgehead atoms. The molecule has 0 fully saturated rings. The molecule has 47 heavy (non-hydrogen) atoms. The van der Waals surface area contributed by atoms with Gasteiger partial charge in [0, 0.05) is 0 Å². The molecule has 256 valence electrons. The van der Waals surface area contributed by atoms with E-state index >= 15 is 0 Å². The molecular weight excluding hydrogens is 616 g/mol. The van der Waals surface area contributed by atoms with E-state index in [2.05, 4.69) is 10.6 Å². The van der Waals surface area contributed by atoms with E-state index in [1.165, 1.54) is 0 Å². The number of carbonyl (C=O) groups excluding carboxylic acids is 5. The van der Waals surface area contributed by atoms with Crippen molar-refractivity contribution in [1.29, 1.82) is 0 Å². The molecule has 2 aromatic rings. The van der Waals surface area contributed by atoms with Gasteiger partial charge in [-0.2, -0.15) is 0 Å². The molecular formula is C33H42N2O12. The number of benzene rings is 2. The van der Waals surface area contributed by atoms with Gasteiger partial charge in [-0.05, 0) is 23.0 Å². The van der Waals surface area contributed by atoms with Crippen molar-refractivity contribution in [3.05, 3.63) is 71.8 Å². The van der Waals surface area contributed by atoms with E-state index in [0.29, 0.717) is 0 Å². The minimum absolute atomic E-state index is 0.0251. The number of ether oxygens (including phenoxy) is 5. The summed E-state index contributed by atoms with van der Waals surface area (Å²) in [4.78, 5) is 73.9. The Morgan fingerprint density at radius 3 is 1.51 bits per heavy atom. The number of rotatable bonds is 18. The molecule has 0 aromatic heterocycles. The molecule has 2 rings (SSSR count). The van der Waals surface area contributed by atoms with E-state index in [1.54, 1.807) is 76.2 Å². The smallest absolute Gasteiger partial charge is 0.408 e. The average molecular weight is 659 g/mol. The highest BCUT2D eigenvalue weighted by Crippen LogP contribution is 2.11. The van der Waals surface area contributed by atoms with Crippen LogP contribution in [0.15, 0.2) is 60.7 Å². The Bertz CT molecular complexity index is 1320. The third-order valence-electron chi connectivity index (χ3n) is 6.48. The predicted octanol–water partition coefficient (Wildman–Crippen LogP) is 3.75. The van der Waals surface area contributed by atoms with Gasteiger partial charge in [0.1, 0.15) is 38.5 Å². The van der Waals surface area contributed by atoms with Crippen LogP contribution in [0.3, 0.4) is 0 Å². The lowest BCUT2D eigenvalue weighted by Gasteiger charge is -2.25. The van der Waals surface area contributed by atoms with Gasteiger partial charge in [0.15, 0.2) is 6.10 Å². The maximum atomic E-state index is 13.2. The lowest BCUT2D eigenvalue weighted by molar-refractivity contribution is -0.170. The van der Waals surface area contributed by atoms with Crippen LogP contribution in [0.25, 0.3) is 0 Å². The number of carbonyl (C=O) groups is 6. The monoisotopic (exact) mass is 658 g/mol. The summed E-state index contributed by atoms with van der Waals surface area (Å²) in [6, 6.07) is 15.5. The molecule has 0 aliphatic heterocycles. The molecule has 0 saturated heterocycles. The van der Waals surface area contributed by atoms with Crippen molar-refractivity contribution < 1.29 is 57.6 Å². The molecule has 14 heteroatoms. The highest BCUT2D eigenvalue weighted by Gasteiger charge is 2.32. The van der Waals surface area contributed by atoms with E-state index in [0.717, 1.165) is 11.1 Å². The third-order valence-corrected chi connectivity index (χ3v) is 6.48. The van der Waals surface area contributed by atoms with Gasteiger partial charge in [-0.25, -0.2) is 19.2 Å². The lowest BCUT2D eigenvalue weighted by atomic mass is 10.0. The first-order valence-electron chi connectivity index (χ1n) is 15.0. The Balaban J connectivity index is 2.04. The predicted molar refractivity (Wildman–Crippen MR) is 165 cm³/mol. The fourth-order valence-corrected chi connectivity index (χ4v) is 3.86. The SMILES string of the molecule is CC(C)[C@H](NC(=O)OCc1ccccc1)C(=O)OCC(COC(=O)CCC(=O)O)OC(=O)[C@@H](NC(=O)OCc1ccccc1)C(C)C. The number of hydrogen-bond donors (Lipinski definition) is 3. The number of carboxylic acid groups (broad SMARTS) is 1. The summed E-state index contributed by atoms with van der Waals surface area (Å²) in [5, 5.41) is 13.7. The van der Waals surface area contributed by atoms with Crippen LogP contribution < -0.4 is 10.6 Å². The second-order valence-electron chi connectivity index (χ2n) is 11.1. The second-order valence-corrected chi connectivity index (χ2v) is 11.1. The van der Waals surface area contributed by atoms with E-state index < -0.39 is 92.1 Å². The number of alkyl carbamates (subject to hydrolysis) is 2. The number of amides is 2. The normalized spacial score (nSPS) is 12.6. The van der Waals surface area contributed by atoms with Crippen LogP contribution in [0.2, 0.25) is 0 Å². The van der Waals surface area contributed by atoms with Crippen LogP contribution in [0, 0.1) is 11.8 Å². The first kappa shape index (κ1) is 38.0. The molecule has 0 spiro atoms. The summed E-state index contributed by atoms with van der Waals surface area (Å²) in [7, 11) is 0. The number of aliphatic carboxylic acids is 1. The summed E-state index contributed by atoms with van der Waals surface area (Å²) < 4.78 is 26.3. The highest BCUT2D eigenvalue weighted by molar-refractivity contribution is 5.83. The zero-order valence-corrected chi connectivity index (χ0v) is 26.8. The summed E-state index contributed by atoms with van der Waals surface area (Å²) in [5.74, 6) is -4.80. The number of carboxylic acids is 1. The minimum Gasteiger partial charge on any atom is -0.481 e. The second kappa shape index (κ2) is 20.1. The Labute approximate surface area is 273 Å². The molecule has 14 nitrogen and oxygen atoms in total. The maximum absolute atomic E-state index is 13.2. The van der Waals surface area contributed by atoms with Crippen LogP contribution in [-0.2, 0) is 56.1 Å². The van der Waals surface area contributed by atoms with E-state index in [1.807, 2.05) is 12.1 Å². The van der Waals surface area contributed by atoms with Gasteiger partial charge in [-0.15, -0.1) is 0 Å². The fourth-order valence-electron chi connectivity index (χ4n) is 3.86. The topological polar surface area (TPSA) is 193 Å². The van der Waals surface area contributed by atoms with E-state index in [9.17, 15) is 28.8 Å². The molecule has 3 N–H and O–H groups in total. The third kappa shape index (κ3) is 15.1. The van der Waals surface area contributed by atoms with Crippen molar-refractivity contribution in [3.63, 3.8) is 0 Å². The Morgan fingerprint density at radius 1 is 0.617 bits per heavy atom. The quantitative estimate of drug-likeness (QED) is 0.155. The molecule has 1 unspecified atom stereocenters.